The second-order valence-electron chi connectivity index (χ2n) is 13.3. The summed E-state index contributed by atoms with van der Waals surface area (Å²) in [6.45, 7) is 12.8. The molecule has 4 fully saturated rings. The third-order valence-electron chi connectivity index (χ3n) is 11.0. The van der Waals surface area contributed by atoms with Crippen LogP contribution in [-0.2, 0) is 0 Å². The fourth-order valence-electron chi connectivity index (χ4n) is 9.37. The van der Waals surface area contributed by atoms with E-state index < -0.39 is 7.25 Å². The zero-order chi connectivity index (χ0) is 24.6. The van der Waals surface area contributed by atoms with Gasteiger partial charge in [0.1, 0.15) is 0 Å². The number of fused-ring (bicyclic) bond motifs is 5. The largest absolute Gasteiger partial charge is 0.673 e. The van der Waals surface area contributed by atoms with Gasteiger partial charge in [-0.15, -0.1) is 0 Å². The predicted molar refractivity (Wildman–Crippen MR) is 130 cm³/mol. The van der Waals surface area contributed by atoms with E-state index in [1.165, 1.54) is 57.8 Å². The topological polar surface area (TPSA) is 27.6 Å². The van der Waals surface area contributed by atoms with Crippen LogP contribution in [-0.4, -0.2) is 13.3 Å². The summed E-state index contributed by atoms with van der Waals surface area (Å²) in [6.07, 6.45) is 17.9. The van der Waals surface area contributed by atoms with E-state index in [0.29, 0.717) is 10.8 Å². The maximum Gasteiger partial charge on any atom is 0.673 e. The number of hydrogen-bond acceptors (Lipinski definition) is 0. The average molecular weight is 476 g/mol. The van der Waals surface area contributed by atoms with E-state index >= 15 is 0 Å². The second kappa shape index (κ2) is 10.4. The molecule has 0 radical (unpaired) electrons. The first-order chi connectivity index (χ1) is 15.3. The fourth-order valence-corrected chi connectivity index (χ4v) is 9.37. The molecular weight excluding hydrogens is 425 g/mol. The Kier molecular flexibility index (Phi) is 8.60. The highest BCUT2D eigenvalue weighted by molar-refractivity contribution is 6.50. The second-order valence-corrected chi connectivity index (χ2v) is 13.3. The number of hydrogen-bond donors (Lipinski definition) is 1. The third kappa shape index (κ3) is 6.12. The minimum Gasteiger partial charge on any atom is -0.418 e. The first-order valence-corrected chi connectivity index (χ1v) is 14.0. The molecule has 194 valence electrons. The van der Waals surface area contributed by atoms with Crippen molar-refractivity contribution in [1.29, 1.82) is 0 Å². The molecule has 0 heterocycles. The van der Waals surface area contributed by atoms with Crippen LogP contribution in [0.2, 0.25) is 0 Å². The van der Waals surface area contributed by atoms with Crippen molar-refractivity contribution in [2.24, 2.45) is 52.3 Å². The standard InChI is InChI=1S/C27H49N.BF4/c1-18(2)7-6-8-19(3)23-11-12-24-22-10-9-20-17-21(28)13-15-26(20,4)25(22)14-16-27(23,24)5;2-1(3,4)5/h18-25H,6-17,28H2,1-5H3;/q;-1/p+1/t19-,20+,21-,22+,23-,24+,25+,26+,27-;/m1./s1. The van der Waals surface area contributed by atoms with E-state index in [4.69, 9.17) is 0 Å². The van der Waals surface area contributed by atoms with Crippen LogP contribution in [0.5, 0.6) is 0 Å². The molecule has 0 aromatic heterocycles. The van der Waals surface area contributed by atoms with Crippen LogP contribution in [0.1, 0.15) is 112 Å². The molecule has 0 aromatic rings. The van der Waals surface area contributed by atoms with Gasteiger partial charge in [-0.1, -0.05) is 53.9 Å². The zero-order valence-corrected chi connectivity index (χ0v) is 21.9. The normalized spacial score (nSPS) is 43.7. The maximum atomic E-state index is 9.75. The molecule has 0 bridgehead atoms. The van der Waals surface area contributed by atoms with Gasteiger partial charge in [-0.25, -0.2) is 0 Å². The smallest absolute Gasteiger partial charge is 0.418 e. The number of halogens is 4. The van der Waals surface area contributed by atoms with Crippen LogP contribution in [0.15, 0.2) is 0 Å². The van der Waals surface area contributed by atoms with Crippen molar-refractivity contribution in [3.63, 3.8) is 0 Å². The first-order valence-electron chi connectivity index (χ1n) is 14.0. The van der Waals surface area contributed by atoms with Crippen molar-refractivity contribution >= 4 is 7.25 Å². The molecule has 4 aliphatic rings. The minimum atomic E-state index is -6.00. The van der Waals surface area contributed by atoms with E-state index in [1.54, 1.807) is 19.3 Å². The molecule has 0 unspecified atom stereocenters. The van der Waals surface area contributed by atoms with Gasteiger partial charge in [-0.2, -0.15) is 0 Å². The molecule has 33 heavy (non-hydrogen) atoms. The molecule has 9 atom stereocenters. The molecule has 0 saturated heterocycles. The Morgan fingerprint density at radius 2 is 1.42 bits per heavy atom. The number of quaternary nitrogens is 1. The van der Waals surface area contributed by atoms with Gasteiger partial charge in [0.15, 0.2) is 0 Å². The molecule has 0 aliphatic heterocycles. The molecule has 0 amide bonds. The predicted octanol–water partition coefficient (Wildman–Crippen LogP) is 8.02. The minimum absolute atomic E-state index is 0.652. The van der Waals surface area contributed by atoms with Crippen molar-refractivity contribution in [3.8, 4) is 0 Å². The van der Waals surface area contributed by atoms with Crippen LogP contribution >= 0.6 is 0 Å². The molecule has 4 aliphatic carbocycles. The Labute approximate surface area is 200 Å². The molecular formula is C27H50BF4N. The summed E-state index contributed by atoms with van der Waals surface area (Å²) >= 11 is 0. The monoisotopic (exact) mass is 475 g/mol. The van der Waals surface area contributed by atoms with Crippen molar-refractivity contribution in [3.05, 3.63) is 0 Å². The van der Waals surface area contributed by atoms with Gasteiger partial charge >= 0.3 is 7.25 Å². The van der Waals surface area contributed by atoms with Crippen LogP contribution in [0.4, 0.5) is 17.3 Å². The van der Waals surface area contributed by atoms with Crippen LogP contribution in [0.3, 0.4) is 0 Å². The van der Waals surface area contributed by atoms with E-state index in [0.717, 1.165) is 47.5 Å². The average Bonchev–Trinajstić information content (AvgIpc) is 3.04. The highest BCUT2D eigenvalue weighted by Crippen LogP contribution is 2.68. The Hall–Kier alpha value is -0.255. The highest BCUT2D eigenvalue weighted by Gasteiger charge is 2.60. The van der Waals surface area contributed by atoms with Crippen LogP contribution < -0.4 is 5.73 Å². The summed E-state index contributed by atoms with van der Waals surface area (Å²) in [7, 11) is -6.00. The van der Waals surface area contributed by atoms with Gasteiger partial charge in [0.25, 0.3) is 0 Å². The molecule has 6 heteroatoms. The van der Waals surface area contributed by atoms with Gasteiger partial charge in [0.2, 0.25) is 0 Å². The van der Waals surface area contributed by atoms with E-state index in [-0.39, 0.29) is 0 Å². The lowest BCUT2D eigenvalue weighted by atomic mass is 9.44. The van der Waals surface area contributed by atoms with Gasteiger partial charge in [0.05, 0.1) is 6.04 Å². The van der Waals surface area contributed by atoms with Crippen molar-refractivity contribution < 1.29 is 23.0 Å². The molecule has 3 N–H and O–H groups in total. The fraction of sp³-hybridized carbons (Fsp3) is 1.00. The molecule has 0 aromatic carbocycles. The molecule has 4 rings (SSSR count). The summed E-state index contributed by atoms with van der Waals surface area (Å²) in [6, 6.07) is 0.742. The van der Waals surface area contributed by atoms with Gasteiger partial charge in [-0.05, 0) is 104 Å². The van der Waals surface area contributed by atoms with Crippen LogP contribution in [0, 0.1) is 52.3 Å². The van der Waals surface area contributed by atoms with Crippen molar-refractivity contribution in [1.82, 2.24) is 0 Å². The summed E-state index contributed by atoms with van der Waals surface area (Å²) < 4.78 is 39.0. The summed E-state index contributed by atoms with van der Waals surface area (Å²) in [5.74, 6) is 6.94. The van der Waals surface area contributed by atoms with Crippen molar-refractivity contribution in [2.45, 2.75) is 118 Å². The first kappa shape index (κ1) is 27.3. The van der Waals surface area contributed by atoms with E-state index in [1.807, 2.05) is 0 Å². The zero-order valence-electron chi connectivity index (χ0n) is 21.9. The Bertz CT molecular complexity index is 634. The van der Waals surface area contributed by atoms with Crippen molar-refractivity contribution in [2.75, 3.05) is 0 Å². The van der Waals surface area contributed by atoms with E-state index in [9.17, 15) is 17.3 Å². The summed E-state index contributed by atoms with van der Waals surface area (Å²) in [4.78, 5) is 0. The summed E-state index contributed by atoms with van der Waals surface area (Å²) in [5.41, 5.74) is 5.76. The van der Waals surface area contributed by atoms with Gasteiger partial charge in [0, 0.05) is 6.42 Å². The number of rotatable bonds is 5. The SMILES string of the molecule is CC(C)CCC[C@@H](C)[C@H]1CC[C@H]2[C@@H]3CC[C@H]4C[C@H]([NH3+])CC[C@]4(C)[C@H]3CC[C@]12C.F[B-](F)(F)F. The lowest BCUT2D eigenvalue weighted by Gasteiger charge is -2.61. The Morgan fingerprint density at radius 1 is 0.818 bits per heavy atom. The molecule has 0 spiro atoms. The Morgan fingerprint density at radius 3 is 2.06 bits per heavy atom. The van der Waals surface area contributed by atoms with Crippen LogP contribution in [0.25, 0.3) is 0 Å². The quantitative estimate of drug-likeness (QED) is 0.308. The highest BCUT2D eigenvalue weighted by atomic mass is 19.5. The molecule has 4 saturated carbocycles. The lowest BCUT2D eigenvalue weighted by Crippen LogP contribution is -2.65. The lowest BCUT2D eigenvalue weighted by molar-refractivity contribution is -0.433. The van der Waals surface area contributed by atoms with Gasteiger partial charge < -0.3 is 23.0 Å². The van der Waals surface area contributed by atoms with E-state index in [2.05, 4.69) is 40.4 Å². The van der Waals surface area contributed by atoms with Gasteiger partial charge in [-0.3, -0.25) is 0 Å². The maximum absolute atomic E-state index is 9.75. The molecule has 1 nitrogen and oxygen atoms in total. The third-order valence-corrected chi connectivity index (χ3v) is 11.0. The summed E-state index contributed by atoms with van der Waals surface area (Å²) in [5, 5.41) is 0. The Balaban J connectivity index is 0.000000555.